The maximum atomic E-state index is 13.2. The summed E-state index contributed by atoms with van der Waals surface area (Å²) in [5.41, 5.74) is 1.56. The third-order valence-corrected chi connectivity index (χ3v) is 3.83. The molecular weight excluding hydrogens is 319 g/mol. The predicted octanol–water partition coefficient (Wildman–Crippen LogP) is 2.83. The van der Waals surface area contributed by atoms with Gasteiger partial charge in [-0.25, -0.2) is 4.39 Å². The quantitative estimate of drug-likeness (QED) is 0.813. The Morgan fingerprint density at radius 3 is 2.32 bits per heavy atom. The zero-order chi connectivity index (χ0) is 18.2. The van der Waals surface area contributed by atoms with Gasteiger partial charge in [-0.3, -0.25) is 9.59 Å². The smallest absolute Gasteiger partial charge is 0.243 e. The molecule has 0 radical (unpaired) electrons. The molecule has 5 heteroatoms. The Kier molecular flexibility index (Phi) is 6.69. The first-order valence-corrected chi connectivity index (χ1v) is 8.31. The van der Waals surface area contributed by atoms with Crippen molar-refractivity contribution in [2.45, 2.75) is 32.9 Å². The summed E-state index contributed by atoms with van der Waals surface area (Å²) >= 11 is 0. The lowest BCUT2D eigenvalue weighted by Crippen LogP contribution is -2.49. The van der Waals surface area contributed by atoms with Gasteiger partial charge in [-0.1, -0.05) is 56.3 Å². The minimum Gasteiger partial charge on any atom is -0.350 e. The Morgan fingerprint density at radius 2 is 1.68 bits per heavy atom. The molecule has 2 amide bonds. The monoisotopic (exact) mass is 342 g/mol. The Morgan fingerprint density at radius 1 is 1.00 bits per heavy atom. The molecule has 0 saturated heterocycles. The van der Waals surface area contributed by atoms with Crippen LogP contribution in [0.1, 0.15) is 25.0 Å². The van der Waals surface area contributed by atoms with Gasteiger partial charge < -0.3 is 10.6 Å². The van der Waals surface area contributed by atoms with Crippen molar-refractivity contribution in [3.05, 3.63) is 71.5 Å². The van der Waals surface area contributed by atoms with Crippen molar-refractivity contribution in [3.63, 3.8) is 0 Å². The summed E-state index contributed by atoms with van der Waals surface area (Å²) in [6.45, 7) is 3.96. The van der Waals surface area contributed by atoms with Gasteiger partial charge in [0.25, 0.3) is 0 Å². The summed E-state index contributed by atoms with van der Waals surface area (Å²) < 4.78 is 13.2. The van der Waals surface area contributed by atoms with Crippen LogP contribution in [0, 0.1) is 11.7 Å². The average molecular weight is 342 g/mol. The number of hydrogen-bond donors (Lipinski definition) is 2. The number of hydrogen-bond acceptors (Lipinski definition) is 2. The fourth-order valence-electron chi connectivity index (χ4n) is 2.49. The molecule has 0 aliphatic heterocycles. The number of rotatable bonds is 7. The summed E-state index contributed by atoms with van der Waals surface area (Å²) in [6.07, 6.45) is 0.223. The van der Waals surface area contributed by atoms with E-state index < -0.39 is 6.04 Å². The van der Waals surface area contributed by atoms with E-state index in [2.05, 4.69) is 10.6 Å². The van der Waals surface area contributed by atoms with Crippen LogP contribution in [0.15, 0.2) is 54.6 Å². The lowest BCUT2D eigenvalue weighted by molar-refractivity contribution is -0.129. The van der Waals surface area contributed by atoms with Gasteiger partial charge in [-0.15, -0.1) is 0 Å². The van der Waals surface area contributed by atoms with Gasteiger partial charge in [0, 0.05) is 6.54 Å². The van der Waals surface area contributed by atoms with Gasteiger partial charge in [0.2, 0.25) is 11.8 Å². The van der Waals surface area contributed by atoms with Crippen LogP contribution >= 0.6 is 0 Å². The first-order chi connectivity index (χ1) is 12.0. The normalized spacial score (nSPS) is 11.8. The van der Waals surface area contributed by atoms with E-state index in [0.717, 1.165) is 5.56 Å². The second-order valence-corrected chi connectivity index (χ2v) is 6.30. The number of benzene rings is 2. The average Bonchev–Trinajstić information content (AvgIpc) is 2.58. The first-order valence-electron chi connectivity index (χ1n) is 8.31. The fraction of sp³-hybridized carbons (Fsp3) is 0.300. The number of carbonyl (C=O) groups excluding carboxylic acids is 2. The van der Waals surface area contributed by atoms with Crippen molar-refractivity contribution in [2.75, 3.05) is 0 Å². The molecule has 2 aromatic carbocycles. The molecule has 2 N–H and O–H groups in total. The molecule has 0 aliphatic rings. The van der Waals surface area contributed by atoms with E-state index in [1.807, 2.05) is 44.2 Å². The summed E-state index contributed by atoms with van der Waals surface area (Å²) in [7, 11) is 0. The molecule has 0 fully saturated rings. The number of carbonyl (C=O) groups is 2. The van der Waals surface area contributed by atoms with Crippen LogP contribution in [0.5, 0.6) is 0 Å². The molecule has 132 valence electrons. The lowest BCUT2D eigenvalue weighted by atomic mass is 10.0. The van der Waals surface area contributed by atoms with Crippen LogP contribution in [0.2, 0.25) is 0 Å². The summed E-state index contributed by atoms with van der Waals surface area (Å²) in [6, 6.07) is 14.8. The van der Waals surface area contributed by atoms with Crippen molar-refractivity contribution >= 4 is 11.8 Å². The summed E-state index contributed by atoms with van der Waals surface area (Å²) in [5, 5.41) is 5.54. The highest BCUT2D eigenvalue weighted by molar-refractivity contribution is 5.88. The maximum Gasteiger partial charge on any atom is 0.243 e. The van der Waals surface area contributed by atoms with Crippen molar-refractivity contribution in [3.8, 4) is 0 Å². The molecular formula is C20H23FN2O2. The number of nitrogens with one attached hydrogen (secondary N) is 2. The van der Waals surface area contributed by atoms with Crippen molar-refractivity contribution in [1.29, 1.82) is 0 Å². The van der Waals surface area contributed by atoms with Gasteiger partial charge in [0.15, 0.2) is 0 Å². The second-order valence-electron chi connectivity index (χ2n) is 6.30. The van der Waals surface area contributed by atoms with E-state index in [0.29, 0.717) is 5.56 Å². The number of halogens is 1. The minimum absolute atomic E-state index is 0.0627. The summed E-state index contributed by atoms with van der Waals surface area (Å²) in [4.78, 5) is 24.6. The molecule has 1 unspecified atom stereocenters. The van der Waals surface area contributed by atoms with E-state index in [1.54, 1.807) is 12.1 Å². The second kappa shape index (κ2) is 8.97. The van der Waals surface area contributed by atoms with Crippen LogP contribution in [-0.2, 0) is 22.6 Å². The molecule has 25 heavy (non-hydrogen) atoms. The van der Waals surface area contributed by atoms with E-state index in [-0.39, 0.29) is 36.5 Å². The Labute approximate surface area is 147 Å². The molecule has 0 heterocycles. The van der Waals surface area contributed by atoms with Crippen molar-refractivity contribution in [1.82, 2.24) is 10.6 Å². The van der Waals surface area contributed by atoms with Crippen LogP contribution in [-0.4, -0.2) is 17.9 Å². The van der Waals surface area contributed by atoms with Crippen LogP contribution < -0.4 is 10.6 Å². The molecule has 0 saturated carbocycles. The van der Waals surface area contributed by atoms with Gasteiger partial charge in [0.1, 0.15) is 11.9 Å². The maximum absolute atomic E-state index is 13.2. The molecule has 0 aliphatic carbocycles. The van der Waals surface area contributed by atoms with E-state index >= 15 is 0 Å². The highest BCUT2D eigenvalue weighted by Crippen LogP contribution is 2.06. The lowest BCUT2D eigenvalue weighted by Gasteiger charge is -2.22. The van der Waals surface area contributed by atoms with Crippen LogP contribution in [0.4, 0.5) is 4.39 Å². The van der Waals surface area contributed by atoms with Gasteiger partial charge in [-0.2, -0.15) is 0 Å². The van der Waals surface area contributed by atoms with Crippen molar-refractivity contribution in [2.24, 2.45) is 5.92 Å². The van der Waals surface area contributed by atoms with E-state index in [9.17, 15) is 14.0 Å². The van der Waals surface area contributed by atoms with Gasteiger partial charge >= 0.3 is 0 Å². The third kappa shape index (κ3) is 6.03. The van der Waals surface area contributed by atoms with Gasteiger partial charge in [-0.05, 0) is 29.2 Å². The summed E-state index contributed by atoms with van der Waals surface area (Å²) in [5.74, 6) is -0.887. The molecule has 0 bridgehead atoms. The highest BCUT2D eigenvalue weighted by Gasteiger charge is 2.23. The van der Waals surface area contributed by atoms with Crippen molar-refractivity contribution < 1.29 is 14.0 Å². The fourth-order valence-corrected chi connectivity index (χ4v) is 2.49. The van der Waals surface area contributed by atoms with Gasteiger partial charge in [0.05, 0.1) is 6.42 Å². The molecule has 2 rings (SSSR count). The van der Waals surface area contributed by atoms with E-state index in [1.165, 1.54) is 12.1 Å². The predicted molar refractivity (Wildman–Crippen MR) is 95.2 cm³/mol. The molecule has 1 atom stereocenters. The highest BCUT2D eigenvalue weighted by atomic mass is 19.1. The SMILES string of the molecule is CC(C)C(NC(=O)Cc1ccccc1)C(=O)NCc1cccc(F)c1. The molecule has 4 nitrogen and oxygen atoms in total. The zero-order valence-electron chi connectivity index (χ0n) is 14.5. The number of amides is 2. The van der Waals surface area contributed by atoms with Crippen LogP contribution in [0.3, 0.4) is 0 Å². The third-order valence-electron chi connectivity index (χ3n) is 3.83. The Bertz CT molecular complexity index is 717. The Balaban J connectivity index is 1.92. The zero-order valence-corrected chi connectivity index (χ0v) is 14.5. The van der Waals surface area contributed by atoms with E-state index in [4.69, 9.17) is 0 Å². The molecule has 0 spiro atoms. The molecule has 2 aromatic rings. The first kappa shape index (κ1) is 18.6. The topological polar surface area (TPSA) is 58.2 Å². The largest absolute Gasteiger partial charge is 0.350 e. The molecule has 0 aromatic heterocycles. The Hall–Kier alpha value is -2.69. The van der Waals surface area contributed by atoms with Crippen LogP contribution in [0.25, 0.3) is 0 Å². The minimum atomic E-state index is -0.634. The standard InChI is InChI=1S/C20H23FN2O2/c1-14(2)19(23-18(24)12-15-7-4-3-5-8-15)20(25)22-13-16-9-6-10-17(21)11-16/h3-11,14,19H,12-13H2,1-2H3,(H,22,25)(H,23,24).